The number of hydrogen-bond acceptors (Lipinski definition) is 4. The first-order chi connectivity index (χ1) is 15.6. The van der Waals surface area contributed by atoms with Crippen LogP contribution in [0.25, 0.3) is 10.9 Å². The molecule has 4 rings (SSSR count). The largest absolute Gasteiger partial charge is 0.491 e. The standard InChI is InChI=1S/C24H27ClN2O5S/c1-15(2)32-19-5-7-23(16(3)10-19)33(30,31)27-9-8-17(12-27)21-13-26(14-24(28)29)22-6-4-18(25)11-20(21)22/h4-7,10-11,13,15,17H,8-9,12,14H2,1-3H3,(H,28,29). The summed E-state index contributed by atoms with van der Waals surface area (Å²) in [7, 11) is -3.68. The molecule has 0 aliphatic carbocycles. The maximum absolute atomic E-state index is 13.4. The average Bonchev–Trinajstić information content (AvgIpc) is 3.32. The normalized spacial score (nSPS) is 17.2. The van der Waals surface area contributed by atoms with Gasteiger partial charge in [-0.25, -0.2) is 8.42 Å². The van der Waals surface area contributed by atoms with Gasteiger partial charge < -0.3 is 14.4 Å². The van der Waals surface area contributed by atoms with Crippen LogP contribution >= 0.6 is 11.6 Å². The van der Waals surface area contributed by atoms with Crippen molar-refractivity contribution in [2.75, 3.05) is 13.1 Å². The maximum atomic E-state index is 13.4. The van der Waals surface area contributed by atoms with Crippen molar-refractivity contribution in [3.8, 4) is 5.75 Å². The first kappa shape index (κ1) is 23.6. The van der Waals surface area contributed by atoms with Crippen LogP contribution < -0.4 is 4.74 Å². The van der Waals surface area contributed by atoms with Crippen molar-refractivity contribution in [1.82, 2.24) is 8.87 Å². The molecule has 1 aromatic heterocycles. The monoisotopic (exact) mass is 490 g/mol. The van der Waals surface area contributed by atoms with Crippen molar-refractivity contribution >= 4 is 38.5 Å². The van der Waals surface area contributed by atoms with Gasteiger partial charge in [0, 0.05) is 41.1 Å². The molecule has 9 heteroatoms. The number of benzene rings is 2. The number of ether oxygens (including phenoxy) is 1. The van der Waals surface area contributed by atoms with Gasteiger partial charge in [-0.05, 0) is 74.7 Å². The highest BCUT2D eigenvalue weighted by molar-refractivity contribution is 7.89. The number of aromatic nitrogens is 1. The molecule has 7 nitrogen and oxygen atoms in total. The van der Waals surface area contributed by atoms with Gasteiger partial charge >= 0.3 is 5.97 Å². The molecule has 0 amide bonds. The van der Waals surface area contributed by atoms with E-state index in [4.69, 9.17) is 16.3 Å². The molecule has 1 unspecified atom stereocenters. The predicted molar refractivity (Wildman–Crippen MR) is 128 cm³/mol. The lowest BCUT2D eigenvalue weighted by Gasteiger charge is -2.19. The second-order valence-corrected chi connectivity index (χ2v) is 11.1. The SMILES string of the molecule is Cc1cc(OC(C)C)ccc1S(=O)(=O)N1CCC(c2cn(CC(=O)O)c3ccc(Cl)cc23)C1. The predicted octanol–water partition coefficient (Wildman–Crippen LogP) is 4.65. The molecule has 1 N–H and O–H groups in total. The van der Waals surface area contributed by atoms with Gasteiger partial charge in [0.15, 0.2) is 0 Å². The summed E-state index contributed by atoms with van der Waals surface area (Å²) in [5, 5.41) is 10.7. The van der Waals surface area contributed by atoms with Crippen molar-refractivity contribution in [3.05, 3.63) is 58.7 Å². The van der Waals surface area contributed by atoms with Gasteiger partial charge in [-0.3, -0.25) is 4.79 Å². The summed E-state index contributed by atoms with van der Waals surface area (Å²) >= 11 is 6.21. The highest BCUT2D eigenvalue weighted by Gasteiger charge is 2.35. The topological polar surface area (TPSA) is 88.8 Å². The van der Waals surface area contributed by atoms with Crippen LogP contribution in [0.15, 0.2) is 47.5 Å². The number of halogens is 1. The Kier molecular flexibility index (Phi) is 6.44. The van der Waals surface area contributed by atoms with Crippen LogP contribution in [0.5, 0.6) is 5.75 Å². The van der Waals surface area contributed by atoms with Gasteiger partial charge in [0.05, 0.1) is 11.0 Å². The number of nitrogens with zero attached hydrogens (tertiary/aromatic N) is 2. The van der Waals surface area contributed by atoms with E-state index in [1.54, 1.807) is 41.8 Å². The molecule has 0 saturated carbocycles. The number of carboxylic acid groups (broad SMARTS) is 1. The molecule has 1 fully saturated rings. The molecule has 2 aromatic carbocycles. The third kappa shape index (κ3) is 4.74. The molecule has 0 spiro atoms. The fourth-order valence-electron chi connectivity index (χ4n) is 4.50. The Hall–Kier alpha value is -2.55. The third-order valence-corrected chi connectivity index (χ3v) is 8.17. The highest BCUT2D eigenvalue weighted by atomic mass is 35.5. The van der Waals surface area contributed by atoms with Crippen LogP contribution in [0.2, 0.25) is 5.02 Å². The summed E-state index contributed by atoms with van der Waals surface area (Å²) in [6.45, 7) is 6.16. The molecule has 1 atom stereocenters. The summed E-state index contributed by atoms with van der Waals surface area (Å²) in [5.74, 6) is -0.354. The van der Waals surface area contributed by atoms with E-state index in [1.807, 2.05) is 26.1 Å². The van der Waals surface area contributed by atoms with Crippen molar-refractivity contribution in [1.29, 1.82) is 0 Å². The second-order valence-electron chi connectivity index (χ2n) is 8.71. The minimum atomic E-state index is -3.68. The fourth-order valence-corrected chi connectivity index (χ4v) is 6.37. The summed E-state index contributed by atoms with van der Waals surface area (Å²) in [5.41, 5.74) is 2.33. The van der Waals surface area contributed by atoms with Gasteiger partial charge in [-0.2, -0.15) is 4.31 Å². The van der Waals surface area contributed by atoms with E-state index in [0.29, 0.717) is 35.8 Å². The lowest BCUT2D eigenvalue weighted by molar-refractivity contribution is -0.137. The van der Waals surface area contributed by atoms with E-state index < -0.39 is 16.0 Å². The Morgan fingerprint density at radius 2 is 2.00 bits per heavy atom. The van der Waals surface area contributed by atoms with Crippen molar-refractivity contribution in [2.24, 2.45) is 0 Å². The highest BCUT2D eigenvalue weighted by Crippen LogP contribution is 2.37. The number of aryl methyl sites for hydroxylation is 1. The number of carboxylic acids is 1. The van der Waals surface area contributed by atoms with Gasteiger partial charge in [0.25, 0.3) is 0 Å². The second kappa shape index (κ2) is 9.00. The Balaban J connectivity index is 1.63. The molecule has 176 valence electrons. The molecule has 1 saturated heterocycles. The lowest BCUT2D eigenvalue weighted by Crippen LogP contribution is -2.29. The van der Waals surface area contributed by atoms with Crippen LogP contribution in [0.4, 0.5) is 0 Å². The summed E-state index contributed by atoms with van der Waals surface area (Å²) < 4.78 is 35.7. The van der Waals surface area contributed by atoms with Crippen molar-refractivity contribution < 1.29 is 23.1 Å². The van der Waals surface area contributed by atoms with Crippen LogP contribution in [-0.4, -0.2) is 47.6 Å². The summed E-state index contributed by atoms with van der Waals surface area (Å²) in [6.07, 6.45) is 2.47. The van der Waals surface area contributed by atoms with E-state index >= 15 is 0 Å². The molecular weight excluding hydrogens is 464 g/mol. The number of hydrogen-bond donors (Lipinski definition) is 1. The summed E-state index contributed by atoms with van der Waals surface area (Å²) in [6, 6.07) is 10.4. The molecule has 1 aliphatic rings. The zero-order chi connectivity index (χ0) is 23.9. The Labute approximate surface area is 198 Å². The molecule has 0 bridgehead atoms. The van der Waals surface area contributed by atoms with Crippen LogP contribution in [-0.2, 0) is 21.4 Å². The van der Waals surface area contributed by atoms with Gasteiger partial charge in [-0.1, -0.05) is 11.6 Å². The molecule has 2 heterocycles. The van der Waals surface area contributed by atoms with E-state index in [-0.39, 0.29) is 23.5 Å². The number of carbonyl (C=O) groups is 1. The molecule has 3 aromatic rings. The maximum Gasteiger partial charge on any atom is 0.323 e. The van der Waals surface area contributed by atoms with E-state index in [0.717, 1.165) is 16.5 Å². The Bertz CT molecular complexity index is 1320. The quantitative estimate of drug-likeness (QED) is 0.520. The zero-order valence-corrected chi connectivity index (χ0v) is 20.4. The Morgan fingerprint density at radius 1 is 1.24 bits per heavy atom. The van der Waals surface area contributed by atoms with Crippen molar-refractivity contribution in [3.63, 3.8) is 0 Å². The van der Waals surface area contributed by atoms with Crippen molar-refractivity contribution in [2.45, 2.75) is 50.7 Å². The van der Waals surface area contributed by atoms with E-state index in [9.17, 15) is 18.3 Å². The van der Waals surface area contributed by atoms with E-state index in [2.05, 4.69) is 0 Å². The smallest absolute Gasteiger partial charge is 0.323 e. The number of aliphatic carboxylic acids is 1. The number of rotatable bonds is 7. The molecule has 0 radical (unpaired) electrons. The molecular formula is C24H27ClN2O5S. The third-order valence-electron chi connectivity index (χ3n) is 5.91. The zero-order valence-electron chi connectivity index (χ0n) is 18.8. The lowest BCUT2D eigenvalue weighted by atomic mass is 9.98. The molecule has 1 aliphatic heterocycles. The minimum Gasteiger partial charge on any atom is -0.491 e. The van der Waals surface area contributed by atoms with Crippen LogP contribution in [0.1, 0.15) is 37.3 Å². The molecule has 33 heavy (non-hydrogen) atoms. The first-order valence-electron chi connectivity index (χ1n) is 10.8. The summed E-state index contributed by atoms with van der Waals surface area (Å²) in [4.78, 5) is 11.6. The number of sulfonamides is 1. The Morgan fingerprint density at radius 3 is 2.67 bits per heavy atom. The fraction of sp³-hybridized carbons (Fsp3) is 0.375. The first-order valence-corrected chi connectivity index (χ1v) is 12.7. The minimum absolute atomic E-state index is 0.00274. The number of fused-ring (bicyclic) bond motifs is 1. The van der Waals surface area contributed by atoms with Crippen LogP contribution in [0.3, 0.4) is 0 Å². The van der Waals surface area contributed by atoms with Crippen LogP contribution in [0, 0.1) is 6.92 Å². The average molecular weight is 491 g/mol. The van der Waals surface area contributed by atoms with Gasteiger partial charge in [0.1, 0.15) is 12.3 Å². The van der Waals surface area contributed by atoms with E-state index in [1.165, 1.54) is 4.31 Å². The van der Waals surface area contributed by atoms with Gasteiger partial charge in [0.2, 0.25) is 10.0 Å². The van der Waals surface area contributed by atoms with Gasteiger partial charge in [-0.15, -0.1) is 0 Å².